The number of urea groups is 1. The van der Waals surface area contributed by atoms with Gasteiger partial charge in [0.2, 0.25) is 5.91 Å². The number of phenols is 1. The molecule has 7 rings (SSSR count). The maximum atomic E-state index is 14.6. The summed E-state index contributed by atoms with van der Waals surface area (Å²) in [4.78, 5) is 54.9. The molecule has 4 amide bonds. The van der Waals surface area contributed by atoms with E-state index in [1.54, 1.807) is 46.3 Å². The Labute approximate surface area is 356 Å². The van der Waals surface area contributed by atoms with Crippen molar-refractivity contribution >= 4 is 28.7 Å². The van der Waals surface area contributed by atoms with Crippen LogP contribution in [0.5, 0.6) is 5.75 Å². The van der Waals surface area contributed by atoms with E-state index in [0.29, 0.717) is 38.0 Å². The Kier molecular flexibility index (Phi) is 13.7. The van der Waals surface area contributed by atoms with E-state index in [1.807, 2.05) is 117 Å². The first-order chi connectivity index (χ1) is 29.6. The summed E-state index contributed by atoms with van der Waals surface area (Å²) >= 11 is 0. The molecule has 4 N–H and O–H groups in total. The van der Waals surface area contributed by atoms with E-state index in [0.717, 1.165) is 38.9 Å². The smallest absolute Gasteiger partial charge is 0.321 e. The fourth-order valence-corrected chi connectivity index (χ4v) is 7.97. The quantitative estimate of drug-likeness (QED) is 0.0727. The van der Waals surface area contributed by atoms with Gasteiger partial charge in [-0.05, 0) is 72.4 Å². The minimum atomic E-state index is -1.18. The first-order valence-electron chi connectivity index (χ1n) is 20.8. The van der Waals surface area contributed by atoms with E-state index >= 15 is 0 Å². The minimum absolute atomic E-state index is 0.00342. The largest absolute Gasteiger partial charge is 0.508 e. The van der Waals surface area contributed by atoms with Crippen molar-refractivity contribution in [1.82, 2.24) is 35.5 Å². The third-order valence-corrected chi connectivity index (χ3v) is 11.6. The Morgan fingerprint density at radius 2 is 1.59 bits per heavy atom. The molecular formula is C49H53N7O5. The zero-order valence-electron chi connectivity index (χ0n) is 34.8. The average Bonchev–Trinajstić information content (AvgIpc) is 3.63. The fraction of sp³-hybridized carbons (Fsp3) is 0.286. The maximum absolute atomic E-state index is 14.6. The van der Waals surface area contributed by atoms with Crippen molar-refractivity contribution in [2.75, 3.05) is 19.6 Å². The van der Waals surface area contributed by atoms with Gasteiger partial charge in [0.1, 0.15) is 11.8 Å². The number of para-hydroxylation sites is 1. The third-order valence-electron chi connectivity index (χ3n) is 11.6. The molecule has 1 fully saturated rings. The lowest BCUT2D eigenvalue weighted by Gasteiger charge is -2.35. The Morgan fingerprint density at radius 3 is 2.34 bits per heavy atom. The highest BCUT2D eigenvalue weighted by molar-refractivity contribution is 5.96. The molecule has 0 bridgehead atoms. The van der Waals surface area contributed by atoms with E-state index in [-0.39, 0.29) is 42.3 Å². The molecule has 12 heteroatoms. The summed E-state index contributed by atoms with van der Waals surface area (Å²) in [5, 5.41) is 28.4. The van der Waals surface area contributed by atoms with Crippen molar-refractivity contribution in [3.05, 3.63) is 162 Å². The monoisotopic (exact) mass is 819 g/mol. The molecule has 6 aromatic rings. The molecule has 12 nitrogen and oxygen atoms in total. The molecule has 0 spiro atoms. The van der Waals surface area contributed by atoms with Gasteiger partial charge in [-0.15, -0.1) is 0 Å². The van der Waals surface area contributed by atoms with E-state index in [9.17, 15) is 24.6 Å². The summed E-state index contributed by atoms with van der Waals surface area (Å²) in [6.07, 6.45) is 3.26. The highest BCUT2D eigenvalue weighted by atomic mass is 16.3. The van der Waals surface area contributed by atoms with Gasteiger partial charge in [-0.2, -0.15) is 0 Å². The summed E-state index contributed by atoms with van der Waals surface area (Å²) in [6, 6.07) is 35.9. The number of nitrogens with one attached hydrogen (secondary N) is 2. The van der Waals surface area contributed by atoms with Crippen LogP contribution in [0.4, 0.5) is 4.79 Å². The second-order valence-corrected chi connectivity index (χ2v) is 15.8. The van der Waals surface area contributed by atoms with Gasteiger partial charge in [0, 0.05) is 67.2 Å². The van der Waals surface area contributed by atoms with Gasteiger partial charge in [0.25, 0.3) is 5.91 Å². The Bertz CT molecular complexity index is 2430. The topological polar surface area (TPSA) is 151 Å². The molecule has 0 radical (unpaired) electrons. The van der Waals surface area contributed by atoms with E-state index in [4.69, 9.17) is 0 Å². The summed E-state index contributed by atoms with van der Waals surface area (Å²) in [5.41, 5.74) is 9.04. The fourth-order valence-electron chi connectivity index (χ4n) is 7.97. The number of hydrogen-bond acceptors (Lipinski definition) is 8. The number of carbonyl (C=O) groups is 3. The predicted molar refractivity (Wildman–Crippen MR) is 236 cm³/mol. The second-order valence-electron chi connectivity index (χ2n) is 15.8. The number of benzene rings is 4. The Balaban J connectivity index is 1.13. The molecule has 2 aromatic heterocycles. The van der Waals surface area contributed by atoms with Gasteiger partial charge in [-0.3, -0.25) is 25.0 Å². The number of carbonyl (C=O) groups excluding carboxylic acids is 3. The maximum Gasteiger partial charge on any atom is 0.321 e. The molecule has 3 heterocycles. The summed E-state index contributed by atoms with van der Waals surface area (Å²) in [6.45, 7) is 7.02. The number of fused-ring (bicyclic) bond motifs is 1. The lowest BCUT2D eigenvalue weighted by molar-refractivity contribution is -0.128. The van der Waals surface area contributed by atoms with Crippen LogP contribution in [0, 0.1) is 12.8 Å². The zero-order chi connectivity index (χ0) is 42.9. The van der Waals surface area contributed by atoms with Crippen molar-refractivity contribution < 1.29 is 24.6 Å². The normalized spacial score (nSPS) is 14.8. The molecule has 0 unspecified atom stereocenters. The number of aromatic nitrogens is 2. The van der Waals surface area contributed by atoms with Crippen molar-refractivity contribution in [2.24, 2.45) is 5.92 Å². The van der Waals surface area contributed by atoms with Gasteiger partial charge in [0.15, 0.2) is 0 Å². The predicted octanol–water partition coefficient (Wildman–Crippen LogP) is 6.90. The SMILES string of the molecule is CC[C@H](C)[C@@H](C(=O)N[C@@H](Cc1ccccc1)[C@@H](O)CN(Cc1ccc(-c2ccccn2)cc1)NC(=O)c1cccc(O)c1C)N1CCN(Cc2ccnc3ccccc23)C1=O. The van der Waals surface area contributed by atoms with Crippen LogP contribution in [0.2, 0.25) is 0 Å². The van der Waals surface area contributed by atoms with Crippen LogP contribution in [-0.2, 0) is 24.3 Å². The van der Waals surface area contributed by atoms with E-state index < -0.39 is 24.1 Å². The molecule has 314 valence electrons. The molecule has 61 heavy (non-hydrogen) atoms. The molecule has 0 saturated carbocycles. The number of hydrazine groups is 1. The molecule has 0 aliphatic carbocycles. The molecule has 1 aliphatic heterocycles. The van der Waals surface area contributed by atoms with Gasteiger partial charge in [0.05, 0.1) is 23.4 Å². The number of rotatable bonds is 17. The van der Waals surface area contributed by atoms with Crippen LogP contribution in [0.15, 0.2) is 134 Å². The molecular weight excluding hydrogens is 767 g/mol. The zero-order valence-corrected chi connectivity index (χ0v) is 34.8. The van der Waals surface area contributed by atoms with Crippen LogP contribution in [0.3, 0.4) is 0 Å². The van der Waals surface area contributed by atoms with Crippen molar-refractivity contribution in [1.29, 1.82) is 0 Å². The number of phenolic OH excluding ortho intramolecular Hbond substituents is 1. The Morgan fingerprint density at radius 1 is 0.836 bits per heavy atom. The number of aromatic hydroxyl groups is 1. The van der Waals surface area contributed by atoms with Crippen molar-refractivity contribution in [3.8, 4) is 17.0 Å². The lowest BCUT2D eigenvalue weighted by Crippen LogP contribution is -2.58. The van der Waals surface area contributed by atoms with Crippen molar-refractivity contribution in [3.63, 3.8) is 0 Å². The number of nitrogens with zero attached hydrogens (tertiary/aromatic N) is 5. The average molecular weight is 820 g/mol. The minimum Gasteiger partial charge on any atom is -0.508 e. The van der Waals surface area contributed by atoms with Crippen molar-refractivity contribution in [2.45, 2.75) is 64.9 Å². The molecule has 1 saturated heterocycles. The summed E-state index contributed by atoms with van der Waals surface area (Å²) < 4.78 is 0. The number of amides is 4. The van der Waals surface area contributed by atoms with E-state index in [2.05, 4.69) is 20.7 Å². The highest BCUT2D eigenvalue weighted by Crippen LogP contribution is 2.26. The lowest BCUT2D eigenvalue weighted by atomic mass is 9.95. The number of aliphatic hydroxyl groups excluding tert-OH is 1. The number of pyridine rings is 2. The van der Waals surface area contributed by atoms with Crippen LogP contribution < -0.4 is 10.7 Å². The first-order valence-corrected chi connectivity index (χ1v) is 20.8. The van der Waals surface area contributed by atoms with E-state index in [1.165, 1.54) is 6.07 Å². The highest BCUT2D eigenvalue weighted by Gasteiger charge is 2.41. The number of aliphatic hydroxyl groups is 1. The van der Waals surface area contributed by atoms with Crippen LogP contribution in [0.1, 0.15) is 52.9 Å². The van der Waals surface area contributed by atoms with Crippen LogP contribution in [-0.4, -0.2) is 90.7 Å². The van der Waals surface area contributed by atoms with Gasteiger partial charge in [-0.1, -0.05) is 105 Å². The van der Waals surface area contributed by atoms with Crippen LogP contribution in [0.25, 0.3) is 22.2 Å². The Hall–Kier alpha value is -6.63. The summed E-state index contributed by atoms with van der Waals surface area (Å²) in [5.74, 6) is -0.995. The number of hydrogen-bond donors (Lipinski definition) is 4. The van der Waals surface area contributed by atoms with Gasteiger partial charge < -0.3 is 25.3 Å². The van der Waals surface area contributed by atoms with Gasteiger partial charge in [-0.25, -0.2) is 9.80 Å². The molecule has 1 aliphatic rings. The van der Waals surface area contributed by atoms with Gasteiger partial charge >= 0.3 is 6.03 Å². The van der Waals surface area contributed by atoms with Crippen LogP contribution >= 0.6 is 0 Å². The standard InChI is InChI=1S/C49H53N7O5/c1-4-33(2)46(56-28-27-54(49(56)61)31-38-24-26-51-42-18-9-8-15-40(38)42)48(60)52-43(29-35-13-6-5-7-14-35)45(58)32-55(53-47(59)39-16-12-19-44(57)34(39)3)30-36-20-22-37(23-21-36)41-17-10-11-25-50-41/h5-26,33,43,45-46,57-58H,4,27-32H2,1-3H3,(H,52,60)(H,53,59)/t33-,43-,45-,46-/m0/s1. The summed E-state index contributed by atoms with van der Waals surface area (Å²) in [7, 11) is 0. The third kappa shape index (κ3) is 10.2. The second kappa shape index (κ2) is 19.6. The first kappa shape index (κ1) is 42.5. The molecule has 4 aromatic carbocycles. The molecule has 4 atom stereocenters.